The van der Waals surface area contributed by atoms with E-state index in [1.807, 2.05) is 0 Å². The molecule has 6 nitrogen and oxygen atoms in total. The van der Waals surface area contributed by atoms with E-state index in [9.17, 15) is 9.90 Å². The Labute approximate surface area is 239 Å². The maximum absolute atomic E-state index is 12.7. The average molecular weight is 550 g/mol. The van der Waals surface area contributed by atoms with E-state index in [-0.39, 0.29) is 35.2 Å². The molecule has 0 aromatic rings. The van der Waals surface area contributed by atoms with Gasteiger partial charge in [-0.2, -0.15) is 0 Å². The maximum Gasteiger partial charge on any atom is 0.343 e. The van der Waals surface area contributed by atoms with Crippen molar-refractivity contribution < 1.29 is 24.1 Å². The zero-order valence-electron chi connectivity index (χ0n) is 24.8. The average Bonchev–Trinajstić information content (AvgIpc) is 3.39. The lowest BCUT2D eigenvalue weighted by molar-refractivity contribution is -0.178. The van der Waals surface area contributed by atoms with Crippen LogP contribution in [0.1, 0.15) is 97.8 Å². The number of nitrogens with zero attached hydrogens (tertiary/aromatic N) is 1. The molecule has 8 atom stereocenters. The lowest BCUT2D eigenvalue weighted by Gasteiger charge is -2.62. The molecule has 1 N–H and O–H groups in total. The monoisotopic (exact) mass is 549 g/mol. The number of methoxy groups -OCH3 is 1. The first-order chi connectivity index (χ1) is 19.3. The predicted molar refractivity (Wildman–Crippen MR) is 152 cm³/mol. The standard InChI is InChI=1S/C34H47NO5/c1-20-10-8-11-23(18-20)34(37)17-14-26-33(15-6-5-7-16-33)19-25-28(24-12-9-13-27(34)35(24)26)21(2)30(39-25)31-29(38-4)22(3)32(36)40-31/h8,11,19-21,23-24,26-28,37H,5-7,9-10,12-18H2,1-4H3. The first-order valence-corrected chi connectivity index (χ1v) is 16.1. The third-order valence-corrected chi connectivity index (χ3v) is 12.0. The minimum Gasteiger partial charge on any atom is -0.492 e. The highest BCUT2D eigenvalue weighted by Gasteiger charge is 2.62. The van der Waals surface area contributed by atoms with Crippen LogP contribution in [0, 0.1) is 29.1 Å². The van der Waals surface area contributed by atoms with E-state index in [0.717, 1.165) is 56.5 Å². The number of esters is 1. The molecule has 40 heavy (non-hydrogen) atoms. The Morgan fingerprint density at radius 2 is 1.82 bits per heavy atom. The van der Waals surface area contributed by atoms with Crippen LogP contribution in [0.4, 0.5) is 0 Å². The van der Waals surface area contributed by atoms with E-state index in [0.29, 0.717) is 35.1 Å². The van der Waals surface area contributed by atoms with Crippen molar-refractivity contribution in [2.75, 3.05) is 7.11 Å². The van der Waals surface area contributed by atoms with Crippen LogP contribution in [0.5, 0.6) is 0 Å². The van der Waals surface area contributed by atoms with Crippen LogP contribution >= 0.6 is 0 Å². The van der Waals surface area contributed by atoms with Crippen LogP contribution < -0.4 is 0 Å². The Hall–Kier alpha value is -2.05. The summed E-state index contributed by atoms with van der Waals surface area (Å²) < 4.78 is 18.2. The van der Waals surface area contributed by atoms with Gasteiger partial charge >= 0.3 is 5.97 Å². The summed E-state index contributed by atoms with van der Waals surface area (Å²) >= 11 is 0. The van der Waals surface area contributed by atoms with Crippen molar-refractivity contribution in [3.05, 3.63) is 46.8 Å². The van der Waals surface area contributed by atoms with Crippen molar-refractivity contribution in [1.82, 2.24) is 4.90 Å². The third kappa shape index (κ3) is 3.84. The smallest absolute Gasteiger partial charge is 0.343 e. The van der Waals surface area contributed by atoms with E-state index in [1.54, 1.807) is 14.0 Å². The SMILES string of the molecule is COC1=C(C)C(=O)OC1=C1OC2=CC3(CCCCC3)C3CCC(O)(C4C=CCC(C)C4)C4CCCC(C2C1C)N34. The number of hydrogen-bond acceptors (Lipinski definition) is 6. The molecule has 1 saturated carbocycles. The van der Waals surface area contributed by atoms with Crippen molar-refractivity contribution in [1.29, 1.82) is 0 Å². The Kier molecular flexibility index (Phi) is 6.54. The molecule has 218 valence electrons. The highest BCUT2D eigenvalue weighted by Crippen LogP contribution is 2.60. The Morgan fingerprint density at radius 1 is 1.02 bits per heavy atom. The summed E-state index contributed by atoms with van der Waals surface area (Å²) in [6.45, 7) is 6.33. The molecule has 6 heteroatoms. The Morgan fingerprint density at radius 3 is 2.58 bits per heavy atom. The van der Waals surface area contributed by atoms with Crippen molar-refractivity contribution >= 4 is 5.97 Å². The molecule has 8 unspecified atom stereocenters. The second-order valence-electron chi connectivity index (χ2n) is 14.1. The summed E-state index contributed by atoms with van der Waals surface area (Å²) in [5, 5.41) is 12.7. The fraction of sp³-hybridized carbons (Fsp3) is 0.735. The van der Waals surface area contributed by atoms with Gasteiger partial charge in [0.1, 0.15) is 5.76 Å². The highest BCUT2D eigenvalue weighted by atomic mass is 16.6. The molecule has 5 aliphatic heterocycles. The van der Waals surface area contributed by atoms with Crippen molar-refractivity contribution in [2.24, 2.45) is 29.1 Å². The van der Waals surface area contributed by atoms with Crippen LogP contribution in [0.15, 0.2) is 46.8 Å². The molecule has 2 aliphatic carbocycles. The van der Waals surface area contributed by atoms with Gasteiger partial charge in [0.15, 0.2) is 11.5 Å². The van der Waals surface area contributed by atoms with Crippen molar-refractivity contribution in [3.8, 4) is 0 Å². The first-order valence-electron chi connectivity index (χ1n) is 16.1. The predicted octanol–water partition coefficient (Wildman–Crippen LogP) is 6.52. The second-order valence-corrected chi connectivity index (χ2v) is 14.1. The number of piperidine rings is 2. The number of aliphatic hydroxyl groups is 1. The fourth-order valence-corrected chi connectivity index (χ4v) is 10.1. The van der Waals surface area contributed by atoms with Gasteiger partial charge in [-0.05, 0) is 70.3 Å². The number of carbonyl (C=O) groups excluding carboxylic acids is 1. The third-order valence-electron chi connectivity index (χ3n) is 12.0. The van der Waals surface area contributed by atoms with Crippen LogP contribution in [0.3, 0.4) is 0 Å². The number of cyclic esters (lactones) is 1. The molecule has 4 fully saturated rings. The summed E-state index contributed by atoms with van der Waals surface area (Å²) in [4.78, 5) is 15.4. The Bertz CT molecular complexity index is 1190. The van der Waals surface area contributed by atoms with Gasteiger partial charge in [0.05, 0.1) is 18.3 Å². The quantitative estimate of drug-likeness (QED) is 0.312. The second kappa shape index (κ2) is 9.76. The molecule has 0 amide bonds. The van der Waals surface area contributed by atoms with Gasteiger partial charge in [0.25, 0.3) is 0 Å². The number of fused-ring (bicyclic) bond motifs is 3. The molecular formula is C34H47NO5. The van der Waals surface area contributed by atoms with Crippen LogP contribution in [-0.2, 0) is 19.0 Å². The molecule has 0 bridgehead atoms. The van der Waals surface area contributed by atoms with Gasteiger partial charge in [-0.1, -0.05) is 51.7 Å². The molecule has 5 heterocycles. The summed E-state index contributed by atoms with van der Waals surface area (Å²) in [6.07, 6.45) is 20.8. The number of allylic oxidation sites excluding steroid dienone is 2. The summed E-state index contributed by atoms with van der Waals surface area (Å²) in [5.74, 6) is 3.50. The summed E-state index contributed by atoms with van der Waals surface area (Å²) in [5.41, 5.74) is -0.122. The summed E-state index contributed by atoms with van der Waals surface area (Å²) in [6, 6.07) is 0.912. The van der Waals surface area contributed by atoms with Gasteiger partial charge < -0.3 is 19.3 Å². The van der Waals surface area contributed by atoms with Gasteiger partial charge in [0, 0.05) is 41.3 Å². The molecule has 3 saturated heterocycles. The topological polar surface area (TPSA) is 68.2 Å². The van der Waals surface area contributed by atoms with E-state index >= 15 is 0 Å². The van der Waals surface area contributed by atoms with Crippen LogP contribution in [-0.4, -0.2) is 46.8 Å². The molecular weight excluding hydrogens is 502 g/mol. The first kappa shape index (κ1) is 26.8. The molecule has 0 aromatic carbocycles. The van der Waals surface area contributed by atoms with E-state index in [1.165, 1.54) is 32.1 Å². The lowest BCUT2D eigenvalue weighted by atomic mass is 9.60. The zero-order valence-corrected chi connectivity index (χ0v) is 24.8. The normalized spacial score (nSPS) is 44.5. The van der Waals surface area contributed by atoms with E-state index in [2.05, 4.69) is 37.0 Å². The van der Waals surface area contributed by atoms with Crippen molar-refractivity contribution in [2.45, 2.75) is 122 Å². The minimum atomic E-state index is -0.686. The van der Waals surface area contributed by atoms with Gasteiger partial charge in [-0.15, -0.1) is 0 Å². The molecule has 7 aliphatic rings. The van der Waals surface area contributed by atoms with Crippen molar-refractivity contribution in [3.63, 3.8) is 0 Å². The zero-order chi connectivity index (χ0) is 27.8. The van der Waals surface area contributed by atoms with Crippen LogP contribution in [0.25, 0.3) is 0 Å². The van der Waals surface area contributed by atoms with Gasteiger partial charge in [0.2, 0.25) is 5.76 Å². The van der Waals surface area contributed by atoms with Gasteiger partial charge in [-0.3, -0.25) is 4.90 Å². The molecule has 7 rings (SSSR count). The van der Waals surface area contributed by atoms with Gasteiger partial charge in [-0.25, -0.2) is 4.79 Å². The lowest BCUT2D eigenvalue weighted by Crippen LogP contribution is -2.70. The number of hydrogen-bond donors (Lipinski definition) is 1. The van der Waals surface area contributed by atoms with E-state index in [4.69, 9.17) is 14.2 Å². The molecule has 1 spiro atoms. The number of ether oxygens (including phenoxy) is 3. The maximum atomic E-state index is 12.7. The highest BCUT2D eigenvalue weighted by molar-refractivity contribution is 5.93. The van der Waals surface area contributed by atoms with E-state index < -0.39 is 5.60 Å². The Balaban J connectivity index is 1.34. The molecule has 0 radical (unpaired) electrons. The minimum absolute atomic E-state index is 0.0536. The fourth-order valence-electron chi connectivity index (χ4n) is 10.1. The number of rotatable bonds is 2. The van der Waals surface area contributed by atoms with Crippen LogP contribution in [0.2, 0.25) is 0 Å². The number of carbonyl (C=O) groups is 1. The summed E-state index contributed by atoms with van der Waals surface area (Å²) in [7, 11) is 1.60. The molecule has 0 aromatic heterocycles. The largest absolute Gasteiger partial charge is 0.492 e.